The normalized spacial score (nSPS) is 15.1. The van der Waals surface area contributed by atoms with Gasteiger partial charge in [-0.2, -0.15) is 0 Å². The third kappa shape index (κ3) is 4.05. The molecule has 0 aromatic rings. The van der Waals surface area contributed by atoms with E-state index in [-0.39, 0.29) is 0 Å². The van der Waals surface area contributed by atoms with Crippen LogP contribution in [0.15, 0.2) is 12.2 Å². The zero-order valence-corrected chi connectivity index (χ0v) is 9.16. The Kier molecular flexibility index (Phi) is 6.25. The molecule has 1 N–H and O–H groups in total. The minimum atomic E-state index is -3.34. The van der Waals surface area contributed by atoms with Gasteiger partial charge in [0.25, 0.3) is 0 Å². The van der Waals surface area contributed by atoms with Gasteiger partial charge in [-0.3, -0.25) is 4.57 Å². The van der Waals surface area contributed by atoms with Crippen molar-refractivity contribution in [1.82, 2.24) is 0 Å². The highest BCUT2D eigenvalue weighted by Crippen LogP contribution is 2.50. The third-order valence-electron chi connectivity index (χ3n) is 1.60. The lowest BCUT2D eigenvalue weighted by Gasteiger charge is -2.16. The molecule has 0 radical (unpaired) electrons. The van der Waals surface area contributed by atoms with E-state index in [0.717, 1.165) is 12.8 Å². The van der Waals surface area contributed by atoms with E-state index in [9.17, 15) is 9.67 Å². The molecule has 0 aliphatic carbocycles. The molecule has 0 aliphatic heterocycles. The molecule has 0 aromatic heterocycles. The Morgan fingerprint density at radius 3 is 2.38 bits per heavy atom. The zero-order valence-electron chi connectivity index (χ0n) is 8.27. The van der Waals surface area contributed by atoms with Crippen LogP contribution in [-0.4, -0.2) is 25.2 Å². The molecule has 13 heavy (non-hydrogen) atoms. The Balaban J connectivity index is 4.22. The van der Waals surface area contributed by atoms with Crippen molar-refractivity contribution >= 4 is 7.60 Å². The zero-order chi connectivity index (χ0) is 10.3. The molecule has 0 heterocycles. The van der Waals surface area contributed by atoms with Crippen molar-refractivity contribution < 1.29 is 18.7 Å². The second-order valence-electron chi connectivity index (χ2n) is 2.54. The highest BCUT2D eigenvalue weighted by atomic mass is 31.2. The Morgan fingerprint density at radius 1 is 1.46 bits per heavy atom. The fraction of sp³-hybridized carbons (Fsp3) is 0.750. The van der Waals surface area contributed by atoms with Gasteiger partial charge < -0.3 is 14.2 Å². The molecular weight excluding hydrogens is 191 g/mol. The van der Waals surface area contributed by atoms with Gasteiger partial charge in [-0.05, 0) is 12.5 Å². The van der Waals surface area contributed by atoms with Crippen LogP contribution in [0.25, 0.3) is 0 Å². The van der Waals surface area contributed by atoms with Crippen molar-refractivity contribution in [2.75, 3.05) is 14.2 Å². The summed E-state index contributed by atoms with van der Waals surface area (Å²) in [5.41, 5.74) is 0. The molecule has 4 nitrogen and oxygen atoms in total. The predicted molar refractivity (Wildman–Crippen MR) is 51.7 cm³/mol. The van der Waals surface area contributed by atoms with Gasteiger partial charge in [-0.25, -0.2) is 0 Å². The van der Waals surface area contributed by atoms with E-state index < -0.39 is 13.4 Å². The summed E-state index contributed by atoms with van der Waals surface area (Å²) in [5.74, 6) is -1.17. The first-order valence-corrected chi connectivity index (χ1v) is 5.77. The van der Waals surface area contributed by atoms with Crippen LogP contribution in [-0.2, 0) is 13.6 Å². The maximum Gasteiger partial charge on any atom is 0.362 e. The van der Waals surface area contributed by atoms with Crippen molar-refractivity contribution in [3.05, 3.63) is 12.2 Å². The van der Waals surface area contributed by atoms with Gasteiger partial charge in [0.05, 0.1) is 0 Å². The molecule has 0 saturated carbocycles. The molecule has 0 aliphatic rings. The van der Waals surface area contributed by atoms with Crippen molar-refractivity contribution in [1.29, 1.82) is 0 Å². The number of allylic oxidation sites excluding steroid dienone is 1. The monoisotopic (exact) mass is 208 g/mol. The summed E-state index contributed by atoms with van der Waals surface area (Å²) in [4.78, 5) is 0. The third-order valence-corrected chi connectivity index (χ3v) is 3.43. The van der Waals surface area contributed by atoms with Crippen LogP contribution >= 0.6 is 7.60 Å². The molecule has 78 valence electrons. The topological polar surface area (TPSA) is 55.8 Å². The first-order chi connectivity index (χ1) is 6.10. The summed E-state index contributed by atoms with van der Waals surface area (Å²) >= 11 is 0. The van der Waals surface area contributed by atoms with Gasteiger partial charge in [0.15, 0.2) is 5.85 Å². The van der Waals surface area contributed by atoms with Gasteiger partial charge in [0, 0.05) is 14.2 Å². The number of aliphatic hydroxyl groups excluding tert-OH is 1. The SMILES string of the molecule is CCC/C=C/[C@@H](O)P(=O)(OC)OC. The van der Waals surface area contributed by atoms with Gasteiger partial charge in [0.2, 0.25) is 0 Å². The minimum Gasteiger partial charge on any atom is -0.377 e. The van der Waals surface area contributed by atoms with E-state index in [1.165, 1.54) is 20.3 Å². The van der Waals surface area contributed by atoms with Crippen LogP contribution in [0.2, 0.25) is 0 Å². The van der Waals surface area contributed by atoms with Crippen LogP contribution in [0.1, 0.15) is 19.8 Å². The second-order valence-corrected chi connectivity index (χ2v) is 4.87. The molecule has 0 amide bonds. The number of unbranched alkanes of at least 4 members (excludes halogenated alkanes) is 1. The van der Waals surface area contributed by atoms with Crippen LogP contribution < -0.4 is 0 Å². The van der Waals surface area contributed by atoms with Gasteiger partial charge >= 0.3 is 7.60 Å². The summed E-state index contributed by atoms with van der Waals surface area (Å²) in [6.07, 6.45) is 5.02. The lowest BCUT2D eigenvalue weighted by Crippen LogP contribution is -2.06. The maximum absolute atomic E-state index is 11.5. The lowest BCUT2D eigenvalue weighted by atomic mass is 10.3. The molecular formula is C8H17O4P. The average molecular weight is 208 g/mol. The fourth-order valence-electron chi connectivity index (χ4n) is 0.781. The van der Waals surface area contributed by atoms with E-state index in [1.807, 2.05) is 6.92 Å². The van der Waals surface area contributed by atoms with Gasteiger partial charge in [-0.1, -0.05) is 19.4 Å². The standard InChI is InChI=1S/C8H17O4P/c1-4-5-6-7-8(9)13(10,11-2)12-3/h6-9H,4-5H2,1-3H3/b7-6+/t8-/m0/s1. The largest absolute Gasteiger partial charge is 0.377 e. The Labute approximate surface area is 79.1 Å². The molecule has 0 unspecified atom stereocenters. The minimum absolute atomic E-state index is 0.838. The summed E-state index contributed by atoms with van der Waals surface area (Å²) in [6.45, 7) is 2.02. The lowest BCUT2D eigenvalue weighted by molar-refractivity contribution is 0.200. The molecule has 0 aromatic carbocycles. The Hall–Kier alpha value is -0.150. The highest BCUT2D eigenvalue weighted by molar-refractivity contribution is 7.54. The summed E-state index contributed by atoms with van der Waals surface area (Å²) in [7, 11) is -0.841. The summed E-state index contributed by atoms with van der Waals surface area (Å²) in [6, 6.07) is 0. The average Bonchev–Trinajstić information content (AvgIpc) is 2.17. The number of hydrogen-bond acceptors (Lipinski definition) is 4. The van der Waals surface area contributed by atoms with Crippen LogP contribution in [0.3, 0.4) is 0 Å². The van der Waals surface area contributed by atoms with Crippen LogP contribution in [0.4, 0.5) is 0 Å². The first kappa shape index (κ1) is 12.8. The van der Waals surface area contributed by atoms with Crippen molar-refractivity contribution in [3.63, 3.8) is 0 Å². The van der Waals surface area contributed by atoms with Gasteiger partial charge in [-0.15, -0.1) is 0 Å². The molecule has 1 atom stereocenters. The maximum atomic E-state index is 11.5. The van der Waals surface area contributed by atoms with Crippen molar-refractivity contribution in [2.45, 2.75) is 25.6 Å². The first-order valence-electron chi connectivity index (χ1n) is 4.16. The van der Waals surface area contributed by atoms with Gasteiger partial charge in [0.1, 0.15) is 0 Å². The number of rotatable bonds is 6. The molecule has 0 fully saturated rings. The smallest absolute Gasteiger partial charge is 0.362 e. The van der Waals surface area contributed by atoms with E-state index in [0.29, 0.717) is 0 Å². The van der Waals surface area contributed by atoms with Crippen LogP contribution in [0, 0.1) is 0 Å². The Morgan fingerprint density at radius 2 is 2.00 bits per heavy atom. The van der Waals surface area contributed by atoms with E-state index >= 15 is 0 Å². The quantitative estimate of drug-likeness (QED) is 0.536. The van der Waals surface area contributed by atoms with Crippen LogP contribution in [0.5, 0.6) is 0 Å². The summed E-state index contributed by atoms with van der Waals surface area (Å²) < 4.78 is 20.7. The molecule has 0 spiro atoms. The highest BCUT2D eigenvalue weighted by Gasteiger charge is 2.29. The van der Waals surface area contributed by atoms with E-state index in [1.54, 1.807) is 6.08 Å². The summed E-state index contributed by atoms with van der Waals surface area (Å²) in [5, 5.41) is 9.39. The van der Waals surface area contributed by atoms with Crippen molar-refractivity contribution in [3.8, 4) is 0 Å². The second kappa shape index (κ2) is 6.33. The fourth-order valence-corrected chi connectivity index (χ4v) is 1.69. The predicted octanol–water partition coefficient (Wildman–Crippen LogP) is 2.15. The number of aliphatic hydroxyl groups is 1. The van der Waals surface area contributed by atoms with Crippen molar-refractivity contribution in [2.24, 2.45) is 0 Å². The van der Waals surface area contributed by atoms with E-state index in [4.69, 9.17) is 0 Å². The van der Waals surface area contributed by atoms with E-state index in [2.05, 4.69) is 9.05 Å². The number of hydrogen-bond donors (Lipinski definition) is 1. The molecule has 0 bridgehead atoms. The molecule has 5 heteroatoms. The molecule has 0 saturated heterocycles. The molecule has 0 rings (SSSR count). The Bertz CT molecular complexity index is 194.